The van der Waals surface area contributed by atoms with Crippen molar-refractivity contribution in [2.75, 3.05) is 0 Å². The minimum Gasteiger partial charge on any atom is -0.333 e. The van der Waals surface area contributed by atoms with Gasteiger partial charge in [-0.1, -0.05) is 0 Å². The topological polar surface area (TPSA) is 71.5 Å². The zero-order valence-corrected chi connectivity index (χ0v) is 8.52. The molecule has 14 heavy (non-hydrogen) atoms. The van der Waals surface area contributed by atoms with E-state index in [2.05, 4.69) is 35.9 Å². The van der Waals surface area contributed by atoms with Crippen molar-refractivity contribution in [1.29, 1.82) is 0 Å². The highest BCUT2D eigenvalue weighted by Crippen LogP contribution is 2.11. The number of aldehydes is 1. The zero-order valence-electron chi connectivity index (χ0n) is 6.94. The average Bonchev–Trinajstić information content (AvgIpc) is 2.67. The van der Waals surface area contributed by atoms with Gasteiger partial charge < -0.3 is 4.98 Å². The third-order valence-electron chi connectivity index (χ3n) is 1.55. The number of H-pyrrole nitrogens is 1. The van der Waals surface area contributed by atoms with Gasteiger partial charge in [-0.2, -0.15) is 0 Å². The lowest BCUT2D eigenvalue weighted by Gasteiger charge is -1.93. The monoisotopic (exact) mass is 252 g/mol. The summed E-state index contributed by atoms with van der Waals surface area (Å²) in [6.07, 6.45) is 5.36. The van der Waals surface area contributed by atoms with Crippen LogP contribution in [0.1, 0.15) is 10.5 Å². The van der Waals surface area contributed by atoms with Gasteiger partial charge in [-0.05, 0) is 15.9 Å². The van der Waals surface area contributed by atoms with Crippen molar-refractivity contribution in [2.45, 2.75) is 0 Å². The number of hydrogen-bond acceptors (Lipinski definition) is 4. The van der Waals surface area contributed by atoms with Crippen LogP contribution in [0.2, 0.25) is 0 Å². The standard InChI is InChI=1S/C8H5BrN4O/c9-5-1-10-7(11-2-5)8-12-3-6(4-14)13-8/h1-4H,(H,12,13). The first-order valence-electron chi connectivity index (χ1n) is 3.77. The summed E-state index contributed by atoms with van der Waals surface area (Å²) in [5, 5.41) is 0. The summed E-state index contributed by atoms with van der Waals surface area (Å²) >= 11 is 3.23. The molecule has 0 aliphatic carbocycles. The third kappa shape index (κ3) is 1.69. The van der Waals surface area contributed by atoms with Gasteiger partial charge in [-0.3, -0.25) is 4.79 Å². The van der Waals surface area contributed by atoms with Gasteiger partial charge in [0.25, 0.3) is 0 Å². The Balaban J connectivity index is 2.39. The first-order valence-corrected chi connectivity index (χ1v) is 4.57. The van der Waals surface area contributed by atoms with E-state index in [9.17, 15) is 4.79 Å². The number of hydrogen-bond donors (Lipinski definition) is 1. The van der Waals surface area contributed by atoms with E-state index in [0.29, 0.717) is 23.6 Å². The Morgan fingerprint density at radius 3 is 2.50 bits per heavy atom. The van der Waals surface area contributed by atoms with Crippen LogP contribution in [-0.4, -0.2) is 26.2 Å². The van der Waals surface area contributed by atoms with E-state index in [0.717, 1.165) is 4.47 Å². The summed E-state index contributed by atoms with van der Waals surface area (Å²) in [5.74, 6) is 0.945. The molecule has 5 nitrogen and oxygen atoms in total. The number of halogens is 1. The number of aromatic nitrogens is 4. The predicted molar refractivity (Wildman–Crippen MR) is 52.7 cm³/mol. The van der Waals surface area contributed by atoms with Crippen LogP contribution in [0.3, 0.4) is 0 Å². The molecule has 0 amide bonds. The summed E-state index contributed by atoms with van der Waals surface area (Å²) < 4.78 is 0.795. The highest BCUT2D eigenvalue weighted by atomic mass is 79.9. The number of nitrogens with zero attached hydrogens (tertiary/aromatic N) is 3. The maximum absolute atomic E-state index is 10.4. The predicted octanol–water partition coefficient (Wildman–Crippen LogP) is 1.44. The van der Waals surface area contributed by atoms with Crippen molar-refractivity contribution in [2.24, 2.45) is 0 Å². The van der Waals surface area contributed by atoms with Crippen LogP contribution < -0.4 is 0 Å². The van der Waals surface area contributed by atoms with Crippen molar-refractivity contribution in [1.82, 2.24) is 19.9 Å². The average molecular weight is 253 g/mol. The van der Waals surface area contributed by atoms with Crippen LogP contribution in [0.4, 0.5) is 0 Å². The molecule has 0 spiro atoms. The van der Waals surface area contributed by atoms with E-state index in [1.54, 1.807) is 12.4 Å². The maximum atomic E-state index is 10.4. The highest BCUT2D eigenvalue weighted by molar-refractivity contribution is 9.10. The molecule has 0 aliphatic rings. The fourth-order valence-corrected chi connectivity index (χ4v) is 1.15. The van der Waals surface area contributed by atoms with Crippen molar-refractivity contribution in [3.05, 3.63) is 28.8 Å². The molecule has 2 aromatic heterocycles. The van der Waals surface area contributed by atoms with E-state index in [4.69, 9.17) is 0 Å². The lowest BCUT2D eigenvalue weighted by Crippen LogP contribution is -1.89. The number of carbonyl (C=O) groups is 1. The van der Waals surface area contributed by atoms with Crippen LogP contribution in [-0.2, 0) is 0 Å². The van der Waals surface area contributed by atoms with Gasteiger partial charge in [0.1, 0.15) is 0 Å². The largest absolute Gasteiger partial charge is 0.333 e. The van der Waals surface area contributed by atoms with Gasteiger partial charge in [0, 0.05) is 12.4 Å². The zero-order chi connectivity index (χ0) is 9.97. The highest BCUT2D eigenvalue weighted by Gasteiger charge is 2.04. The van der Waals surface area contributed by atoms with Crippen molar-refractivity contribution in [3.63, 3.8) is 0 Å². The SMILES string of the molecule is O=Cc1cnc(-c2ncc(Br)cn2)[nH]1. The Hall–Kier alpha value is -1.56. The summed E-state index contributed by atoms with van der Waals surface area (Å²) in [4.78, 5) is 25.2. The van der Waals surface area contributed by atoms with E-state index < -0.39 is 0 Å². The second-order valence-electron chi connectivity index (χ2n) is 2.53. The van der Waals surface area contributed by atoms with Crippen LogP contribution in [0, 0.1) is 0 Å². The molecule has 2 heterocycles. The molecular formula is C8H5BrN4O. The number of rotatable bonds is 2. The molecule has 0 fully saturated rings. The van der Waals surface area contributed by atoms with Crippen LogP contribution in [0.15, 0.2) is 23.1 Å². The molecule has 0 aliphatic heterocycles. The van der Waals surface area contributed by atoms with E-state index in [1.807, 2.05) is 0 Å². The van der Waals surface area contributed by atoms with Gasteiger partial charge in [0.15, 0.2) is 17.9 Å². The molecule has 0 unspecified atom stereocenters. The number of carbonyl (C=O) groups excluding carboxylic acids is 1. The first-order chi connectivity index (χ1) is 6.79. The normalized spacial score (nSPS) is 10.1. The van der Waals surface area contributed by atoms with Gasteiger partial charge in [-0.15, -0.1) is 0 Å². The molecule has 0 aromatic carbocycles. The number of imidazole rings is 1. The molecule has 0 saturated heterocycles. The molecule has 0 bridgehead atoms. The second-order valence-corrected chi connectivity index (χ2v) is 3.45. The molecule has 0 saturated carbocycles. The minimum atomic E-state index is 0.409. The molecule has 2 rings (SSSR count). The van der Waals surface area contributed by atoms with E-state index in [-0.39, 0.29) is 0 Å². The van der Waals surface area contributed by atoms with Gasteiger partial charge >= 0.3 is 0 Å². The molecule has 6 heteroatoms. The maximum Gasteiger partial charge on any atom is 0.195 e. The Morgan fingerprint density at radius 2 is 1.93 bits per heavy atom. The summed E-state index contributed by atoms with van der Waals surface area (Å²) in [6, 6.07) is 0. The lowest BCUT2D eigenvalue weighted by atomic mass is 10.5. The number of aromatic amines is 1. The van der Waals surface area contributed by atoms with E-state index >= 15 is 0 Å². The molecule has 2 aromatic rings. The fourth-order valence-electron chi connectivity index (χ4n) is 0.943. The Labute approximate surface area is 87.8 Å². The van der Waals surface area contributed by atoms with E-state index in [1.165, 1.54) is 6.20 Å². The second kappa shape index (κ2) is 3.67. The molecular weight excluding hydrogens is 248 g/mol. The van der Waals surface area contributed by atoms with Crippen LogP contribution in [0.5, 0.6) is 0 Å². The van der Waals surface area contributed by atoms with Gasteiger partial charge in [0.2, 0.25) is 0 Å². The van der Waals surface area contributed by atoms with Crippen molar-refractivity contribution >= 4 is 22.2 Å². The van der Waals surface area contributed by atoms with Crippen LogP contribution in [0.25, 0.3) is 11.6 Å². The minimum absolute atomic E-state index is 0.409. The fraction of sp³-hybridized carbons (Fsp3) is 0. The molecule has 1 N–H and O–H groups in total. The van der Waals surface area contributed by atoms with Crippen molar-refractivity contribution in [3.8, 4) is 11.6 Å². The Morgan fingerprint density at radius 1 is 1.21 bits per heavy atom. The Kier molecular flexibility index (Phi) is 2.36. The summed E-state index contributed by atoms with van der Waals surface area (Å²) in [7, 11) is 0. The van der Waals surface area contributed by atoms with Gasteiger partial charge in [-0.25, -0.2) is 15.0 Å². The van der Waals surface area contributed by atoms with Crippen LogP contribution >= 0.6 is 15.9 Å². The Bertz CT molecular complexity index is 451. The number of nitrogens with one attached hydrogen (secondary N) is 1. The lowest BCUT2D eigenvalue weighted by molar-refractivity contribution is 0.111. The van der Waals surface area contributed by atoms with Gasteiger partial charge in [0.05, 0.1) is 16.4 Å². The summed E-state index contributed by atoms with van der Waals surface area (Å²) in [5.41, 5.74) is 0.409. The molecule has 0 atom stereocenters. The third-order valence-corrected chi connectivity index (χ3v) is 1.96. The molecule has 70 valence electrons. The quantitative estimate of drug-likeness (QED) is 0.822. The summed E-state index contributed by atoms with van der Waals surface area (Å²) in [6.45, 7) is 0. The van der Waals surface area contributed by atoms with Crippen molar-refractivity contribution < 1.29 is 4.79 Å². The molecule has 0 radical (unpaired) electrons. The first kappa shape index (κ1) is 9.01. The smallest absolute Gasteiger partial charge is 0.195 e.